The van der Waals surface area contributed by atoms with Gasteiger partial charge < -0.3 is 0 Å². The van der Waals surface area contributed by atoms with Gasteiger partial charge in [-0.05, 0) is 42.7 Å². The largest absolute Gasteiger partial charge is 0.299 e. The van der Waals surface area contributed by atoms with E-state index >= 15 is 0 Å². The summed E-state index contributed by atoms with van der Waals surface area (Å²) < 4.78 is 2.30. The van der Waals surface area contributed by atoms with E-state index in [-0.39, 0.29) is 16.4 Å². The highest BCUT2D eigenvalue weighted by molar-refractivity contribution is 8.00. The number of aromatic nitrogens is 3. The van der Waals surface area contributed by atoms with E-state index < -0.39 is 0 Å². The normalized spacial score (nSPS) is 15.7. The molecule has 1 heterocycles. The second-order valence-electron chi connectivity index (χ2n) is 10.1. The van der Waals surface area contributed by atoms with Gasteiger partial charge >= 0.3 is 0 Å². The number of hydrogen-bond acceptors (Lipinski definition) is 4. The Labute approximate surface area is 202 Å². The Balaban J connectivity index is 1.61. The fourth-order valence-electron chi connectivity index (χ4n) is 4.52. The number of aryl methyl sites for hydroxylation is 1. The zero-order chi connectivity index (χ0) is 23.6. The van der Waals surface area contributed by atoms with Crippen LogP contribution in [0.2, 0.25) is 0 Å². The fourth-order valence-corrected chi connectivity index (χ4v) is 5.51. The van der Waals surface area contributed by atoms with Crippen LogP contribution in [0, 0.1) is 0 Å². The molecule has 4 rings (SSSR count). The van der Waals surface area contributed by atoms with Crippen LogP contribution in [0.5, 0.6) is 0 Å². The Hall–Kier alpha value is -2.40. The molecule has 1 aliphatic carbocycles. The molecule has 174 valence electrons. The van der Waals surface area contributed by atoms with Crippen molar-refractivity contribution in [3.05, 3.63) is 65.2 Å². The molecule has 1 atom stereocenters. The topological polar surface area (TPSA) is 47.8 Å². The number of carbonyl (C=O) groups excluding carboxylic acids is 1. The highest BCUT2D eigenvalue weighted by Gasteiger charge is 2.28. The third kappa shape index (κ3) is 5.24. The van der Waals surface area contributed by atoms with E-state index in [4.69, 9.17) is 0 Å². The number of rotatable bonds is 7. The molecular weight excluding hydrogens is 426 g/mol. The number of benzene rings is 2. The van der Waals surface area contributed by atoms with Crippen LogP contribution in [0.1, 0.15) is 87.8 Å². The summed E-state index contributed by atoms with van der Waals surface area (Å²) in [6.07, 6.45) is 5.71. The van der Waals surface area contributed by atoms with Crippen LogP contribution in [-0.4, -0.2) is 25.8 Å². The number of ketones is 1. The molecule has 3 aromatic rings. The quantitative estimate of drug-likeness (QED) is 0.274. The first-order chi connectivity index (χ1) is 15.8. The van der Waals surface area contributed by atoms with E-state index in [2.05, 4.69) is 66.7 Å². The molecule has 33 heavy (non-hydrogen) atoms. The van der Waals surface area contributed by atoms with Crippen LogP contribution in [-0.2, 0) is 11.8 Å². The molecule has 0 aliphatic heterocycles. The van der Waals surface area contributed by atoms with Crippen molar-refractivity contribution in [3.8, 4) is 11.4 Å². The minimum absolute atomic E-state index is 0.115. The zero-order valence-corrected chi connectivity index (χ0v) is 21.3. The van der Waals surface area contributed by atoms with Crippen molar-refractivity contribution in [1.29, 1.82) is 0 Å². The van der Waals surface area contributed by atoms with Gasteiger partial charge in [-0.15, -0.1) is 10.2 Å². The highest BCUT2D eigenvalue weighted by atomic mass is 32.2. The van der Waals surface area contributed by atoms with Crippen molar-refractivity contribution in [2.24, 2.45) is 0 Å². The van der Waals surface area contributed by atoms with Gasteiger partial charge in [0.15, 0.2) is 16.8 Å². The van der Waals surface area contributed by atoms with E-state index in [1.165, 1.54) is 35.7 Å². The minimum atomic E-state index is -0.224. The lowest BCUT2D eigenvalue weighted by Gasteiger charge is -2.20. The Kier molecular flexibility index (Phi) is 7.08. The van der Waals surface area contributed by atoms with E-state index in [0.717, 1.165) is 41.4 Å². The molecule has 0 radical (unpaired) electrons. The Morgan fingerprint density at radius 1 is 1.03 bits per heavy atom. The molecule has 1 saturated carbocycles. The van der Waals surface area contributed by atoms with Crippen molar-refractivity contribution >= 4 is 17.5 Å². The van der Waals surface area contributed by atoms with E-state index in [0.29, 0.717) is 6.04 Å². The summed E-state index contributed by atoms with van der Waals surface area (Å²) in [5, 5.41) is 9.81. The molecule has 0 N–H and O–H groups in total. The summed E-state index contributed by atoms with van der Waals surface area (Å²) in [5.41, 5.74) is 4.51. The summed E-state index contributed by atoms with van der Waals surface area (Å²) in [6, 6.07) is 17.1. The van der Waals surface area contributed by atoms with E-state index in [9.17, 15) is 4.79 Å². The number of hydrogen-bond donors (Lipinski definition) is 0. The summed E-state index contributed by atoms with van der Waals surface area (Å²) in [6.45, 7) is 10.8. The van der Waals surface area contributed by atoms with Crippen LogP contribution in [0.4, 0.5) is 0 Å². The summed E-state index contributed by atoms with van der Waals surface area (Å²) in [7, 11) is 0. The second kappa shape index (κ2) is 9.84. The molecule has 4 nitrogen and oxygen atoms in total. The molecule has 1 aliphatic rings. The van der Waals surface area contributed by atoms with E-state index in [1.54, 1.807) is 0 Å². The number of nitrogens with zero attached hydrogens (tertiary/aromatic N) is 3. The summed E-state index contributed by atoms with van der Waals surface area (Å²) in [4.78, 5) is 13.1. The number of carbonyl (C=O) groups is 1. The Morgan fingerprint density at radius 3 is 2.24 bits per heavy atom. The number of thioether (sulfide) groups is 1. The molecule has 5 heteroatoms. The Morgan fingerprint density at radius 2 is 1.67 bits per heavy atom. The predicted molar refractivity (Wildman–Crippen MR) is 137 cm³/mol. The van der Waals surface area contributed by atoms with Gasteiger partial charge in [-0.3, -0.25) is 9.36 Å². The van der Waals surface area contributed by atoms with Crippen LogP contribution in [0.15, 0.2) is 53.7 Å². The van der Waals surface area contributed by atoms with Gasteiger partial charge in [-0.25, -0.2) is 0 Å². The maximum atomic E-state index is 13.1. The van der Waals surface area contributed by atoms with Gasteiger partial charge in [-0.2, -0.15) is 0 Å². The monoisotopic (exact) mass is 461 g/mol. The van der Waals surface area contributed by atoms with Gasteiger partial charge in [0.25, 0.3) is 0 Å². The lowest BCUT2D eigenvalue weighted by Crippen LogP contribution is -2.16. The van der Waals surface area contributed by atoms with Gasteiger partial charge in [0, 0.05) is 17.2 Å². The molecule has 2 aromatic carbocycles. The van der Waals surface area contributed by atoms with Gasteiger partial charge in [0.05, 0.1) is 5.25 Å². The molecule has 0 amide bonds. The number of Topliss-reactive ketones (excluding diaryl/α,β-unsaturated/α-hetero) is 1. The van der Waals surface area contributed by atoms with Crippen molar-refractivity contribution in [1.82, 2.24) is 14.8 Å². The fraction of sp³-hybridized carbons (Fsp3) is 0.464. The van der Waals surface area contributed by atoms with Gasteiger partial charge in [-0.1, -0.05) is 101 Å². The van der Waals surface area contributed by atoms with Crippen LogP contribution in [0.3, 0.4) is 0 Å². The van der Waals surface area contributed by atoms with Crippen molar-refractivity contribution in [2.45, 2.75) is 88.6 Å². The lowest BCUT2D eigenvalue weighted by atomic mass is 9.86. The SMILES string of the molecule is CCc1ccc(C(=O)C(C)Sc2nnc(-c3ccc(C(C)(C)C)cc3)n2C2CCCC2)cc1. The maximum Gasteiger partial charge on any atom is 0.192 e. The third-order valence-electron chi connectivity index (χ3n) is 6.66. The Bertz CT molecular complexity index is 1090. The average molecular weight is 462 g/mol. The summed E-state index contributed by atoms with van der Waals surface area (Å²) >= 11 is 1.53. The minimum Gasteiger partial charge on any atom is -0.299 e. The molecule has 1 fully saturated rings. The zero-order valence-electron chi connectivity index (χ0n) is 20.5. The molecular formula is C28H35N3OS. The van der Waals surface area contributed by atoms with Crippen molar-refractivity contribution < 1.29 is 4.79 Å². The third-order valence-corrected chi connectivity index (χ3v) is 7.72. The average Bonchev–Trinajstić information content (AvgIpc) is 3.48. The lowest BCUT2D eigenvalue weighted by molar-refractivity contribution is 0.0994. The first-order valence-electron chi connectivity index (χ1n) is 12.1. The molecule has 0 bridgehead atoms. The first kappa shape index (κ1) is 23.7. The van der Waals surface area contributed by atoms with Crippen LogP contribution < -0.4 is 0 Å². The predicted octanol–water partition coefficient (Wildman–Crippen LogP) is 7.28. The molecule has 1 aromatic heterocycles. The molecule has 0 spiro atoms. The van der Waals surface area contributed by atoms with Crippen molar-refractivity contribution in [3.63, 3.8) is 0 Å². The molecule has 0 saturated heterocycles. The highest BCUT2D eigenvalue weighted by Crippen LogP contribution is 2.38. The summed E-state index contributed by atoms with van der Waals surface area (Å²) in [5.74, 6) is 1.05. The second-order valence-corrected chi connectivity index (χ2v) is 11.4. The van der Waals surface area contributed by atoms with Gasteiger partial charge in [0.1, 0.15) is 0 Å². The van der Waals surface area contributed by atoms with Crippen LogP contribution in [0.25, 0.3) is 11.4 Å². The maximum absolute atomic E-state index is 13.1. The molecule has 1 unspecified atom stereocenters. The van der Waals surface area contributed by atoms with Gasteiger partial charge in [0.2, 0.25) is 0 Å². The van der Waals surface area contributed by atoms with Crippen molar-refractivity contribution in [2.75, 3.05) is 0 Å². The van der Waals surface area contributed by atoms with E-state index in [1.807, 2.05) is 31.2 Å². The van der Waals surface area contributed by atoms with Crippen LogP contribution >= 0.6 is 11.8 Å². The standard InChI is InChI=1S/C28H35N3OS/c1-6-20-11-13-21(14-12-20)25(32)19(2)33-27-30-29-26(31(27)24-9-7-8-10-24)22-15-17-23(18-16-22)28(3,4)5/h11-19,24H,6-10H2,1-5H3. The first-order valence-corrected chi connectivity index (χ1v) is 13.0. The smallest absolute Gasteiger partial charge is 0.192 e.